The summed E-state index contributed by atoms with van der Waals surface area (Å²) in [6.07, 6.45) is -0.0163. The SMILES string of the molecule is O=C(NC(CCO)C(=O)O)c1ccc(Br)cc1. The zero-order valence-electron chi connectivity index (χ0n) is 8.89. The Bertz CT molecular complexity index is 404. The second-order valence-corrected chi connectivity index (χ2v) is 4.30. The molecule has 1 rings (SSSR count). The van der Waals surface area contributed by atoms with Crippen molar-refractivity contribution in [1.29, 1.82) is 0 Å². The molecule has 1 aromatic rings. The van der Waals surface area contributed by atoms with Crippen molar-refractivity contribution in [3.8, 4) is 0 Å². The van der Waals surface area contributed by atoms with E-state index in [9.17, 15) is 9.59 Å². The van der Waals surface area contributed by atoms with Gasteiger partial charge in [-0.05, 0) is 24.3 Å². The first-order chi connectivity index (χ1) is 8.04. The molecule has 1 atom stereocenters. The van der Waals surface area contributed by atoms with Crippen LogP contribution in [0.5, 0.6) is 0 Å². The van der Waals surface area contributed by atoms with E-state index in [1.807, 2.05) is 0 Å². The molecule has 1 amide bonds. The molecule has 17 heavy (non-hydrogen) atoms. The molecule has 92 valence electrons. The van der Waals surface area contributed by atoms with Crippen LogP contribution in [0.4, 0.5) is 0 Å². The number of amides is 1. The third-order valence-electron chi connectivity index (χ3n) is 2.13. The third kappa shape index (κ3) is 4.16. The normalized spacial score (nSPS) is 11.9. The number of hydrogen-bond donors (Lipinski definition) is 3. The summed E-state index contributed by atoms with van der Waals surface area (Å²) < 4.78 is 0.833. The van der Waals surface area contributed by atoms with Gasteiger partial charge in [-0.1, -0.05) is 15.9 Å². The predicted octanol–water partition coefficient (Wildman–Crippen LogP) is 1.01. The molecule has 6 heteroatoms. The highest BCUT2D eigenvalue weighted by molar-refractivity contribution is 9.10. The number of carboxylic acid groups (broad SMARTS) is 1. The number of halogens is 1. The Kier molecular flexibility index (Phi) is 5.11. The minimum absolute atomic E-state index is 0.0163. The van der Waals surface area contributed by atoms with Crippen LogP contribution in [0.2, 0.25) is 0 Å². The van der Waals surface area contributed by atoms with Crippen LogP contribution in [-0.4, -0.2) is 34.7 Å². The number of aliphatic carboxylic acids is 1. The number of carbonyl (C=O) groups is 2. The maximum Gasteiger partial charge on any atom is 0.326 e. The van der Waals surface area contributed by atoms with Gasteiger partial charge in [0.1, 0.15) is 6.04 Å². The van der Waals surface area contributed by atoms with E-state index in [0.717, 1.165) is 4.47 Å². The molecule has 0 fully saturated rings. The van der Waals surface area contributed by atoms with Gasteiger partial charge >= 0.3 is 5.97 Å². The van der Waals surface area contributed by atoms with Crippen molar-refractivity contribution in [2.24, 2.45) is 0 Å². The third-order valence-corrected chi connectivity index (χ3v) is 2.66. The van der Waals surface area contributed by atoms with E-state index in [4.69, 9.17) is 10.2 Å². The first-order valence-corrected chi connectivity index (χ1v) is 5.74. The second-order valence-electron chi connectivity index (χ2n) is 3.38. The minimum Gasteiger partial charge on any atom is -0.480 e. The first kappa shape index (κ1) is 13.7. The lowest BCUT2D eigenvalue weighted by atomic mass is 10.1. The van der Waals surface area contributed by atoms with Crippen LogP contribution >= 0.6 is 15.9 Å². The molecule has 0 aliphatic rings. The lowest BCUT2D eigenvalue weighted by Crippen LogP contribution is -2.41. The number of benzene rings is 1. The summed E-state index contributed by atoms with van der Waals surface area (Å²) in [6, 6.07) is 5.47. The monoisotopic (exact) mass is 301 g/mol. The van der Waals surface area contributed by atoms with Gasteiger partial charge < -0.3 is 15.5 Å². The predicted molar refractivity (Wildman–Crippen MR) is 64.7 cm³/mol. The van der Waals surface area contributed by atoms with Crippen LogP contribution in [0.1, 0.15) is 16.8 Å². The lowest BCUT2D eigenvalue weighted by Gasteiger charge is -2.13. The maximum atomic E-state index is 11.7. The molecule has 0 spiro atoms. The van der Waals surface area contributed by atoms with Gasteiger partial charge in [0.15, 0.2) is 0 Å². The summed E-state index contributed by atoms with van der Waals surface area (Å²) in [6.45, 7) is -0.294. The molecule has 1 unspecified atom stereocenters. The van der Waals surface area contributed by atoms with Crippen molar-refractivity contribution in [1.82, 2.24) is 5.32 Å². The van der Waals surface area contributed by atoms with Crippen molar-refractivity contribution < 1.29 is 19.8 Å². The largest absolute Gasteiger partial charge is 0.480 e. The Morgan fingerprint density at radius 2 is 1.88 bits per heavy atom. The van der Waals surface area contributed by atoms with Gasteiger partial charge in [-0.2, -0.15) is 0 Å². The summed E-state index contributed by atoms with van der Waals surface area (Å²) in [4.78, 5) is 22.5. The van der Waals surface area contributed by atoms with Gasteiger partial charge in [0.05, 0.1) is 0 Å². The Morgan fingerprint density at radius 1 is 1.29 bits per heavy atom. The molecule has 0 saturated heterocycles. The van der Waals surface area contributed by atoms with Crippen molar-refractivity contribution in [2.45, 2.75) is 12.5 Å². The molecular formula is C11H12BrNO4. The molecule has 3 N–H and O–H groups in total. The van der Waals surface area contributed by atoms with Gasteiger partial charge in [-0.3, -0.25) is 4.79 Å². The maximum absolute atomic E-state index is 11.7. The second kappa shape index (κ2) is 6.36. The Morgan fingerprint density at radius 3 is 2.35 bits per heavy atom. The Hall–Kier alpha value is -1.40. The molecular weight excluding hydrogens is 290 g/mol. The fourth-order valence-corrected chi connectivity index (χ4v) is 1.49. The number of hydrogen-bond acceptors (Lipinski definition) is 3. The van der Waals surface area contributed by atoms with Crippen molar-refractivity contribution >= 4 is 27.8 Å². The fourth-order valence-electron chi connectivity index (χ4n) is 1.23. The average molecular weight is 302 g/mol. The molecule has 0 radical (unpaired) electrons. The van der Waals surface area contributed by atoms with Gasteiger partial charge in [0, 0.05) is 23.1 Å². The van der Waals surface area contributed by atoms with Crippen molar-refractivity contribution in [3.05, 3.63) is 34.3 Å². The standard InChI is InChI=1S/C11H12BrNO4/c12-8-3-1-7(2-4-8)10(15)13-9(5-6-14)11(16)17/h1-4,9,14H,5-6H2,(H,13,15)(H,16,17). The highest BCUT2D eigenvalue weighted by Gasteiger charge is 2.19. The summed E-state index contributed by atoms with van der Waals surface area (Å²) in [5, 5.41) is 19.8. The van der Waals surface area contributed by atoms with Crippen LogP contribution < -0.4 is 5.32 Å². The number of nitrogens with one attached hydrogen (secondary N) is 1. The van der Waals surface area contributed by atoms with E-state index >= 15 is 0 Å². The minimum atomic E-state index is -1.16. The first-order valence-electron chi connectivity index (χ1n) is 4.94. The van der Waals surface area contributed by atoms with Crippen LogP contribution in [0.25, 0.3) is 0 Å². The van der Waals surface area contributed by atoms with E-state index in [1.54, 1.807) is 24.3 Å². The molecule has 0 bridgehead atoms. The summed E-state index contributed by atoms with van der Waals surface area (Å²) in [5.41, 5.74) is 0.373. The molecule has 0 aliphatic heterocycles. The highest BCUT2D eigenvalue weighted by atomic mass is 79.9. The molecule has 0 heterocycles. The Balaban J connectivity index is 2.70. The molecule has 0 aromatic heterocycles. The quantitative estimate of drug-likeness (QED) is 0.758. The molecule has 5 nitrogen and oxygen atoms in total. The van der Waals surface area contributed by atoms with E-state index in [2.05, 4.69) is 21.2 Å². The topological polar surface area (TPSA) is 86.6 Å². The van der Waals surface area contributed by atoms with Gasteiger partial charge in [0.25, 0.3) is 5.91 Å². The van der Waals surface area contributed by atoms with Gasteiger partial charge in [-0.15, -0.1) is 0 Å². The zero-order valence-corrected chi connectivity index (χ0v) is 10.5. The molecule has 0 aliphatic carbocycles. The highest BCUT2D eigenvalue weighted by Crippen LogP contribution is 2.10. The molecule has 0 saturated carbocycles. The summed E-state index contributed by atoms with van der Waals surface area (Å²) >= 11 is 3.23. The summed E-state index contributed by atoms with van der Waals surface area (Å²) in [5.74, 6) is -1.64. The van der Waals surface area contributed by atoms with Gasteiger partial charge in [-0.25, -0.2) is 4.79 Å². The number of carbonyl (C=O) groups excluding carboxylic acids is 1. The van der Waals surface area contributed by atoms with Crippen LogP contribution in [0.15, 0.2) is 28.7 Å². The van der Waals surface area contributed by atoms with Crippen LogP contribution in [-0.2, 0) is 4.79 Å². The molecule has 1 aromatic carbocycles. The van der Waals surface area contributed by atoms with Crippen LogP contribution in [0.3, 0.4) is 0 Å². The van der Waals surface area contributed by atoms with Crippen LogP contribution in [0, 0.1) is 0 Å². The van der Waals surface area contributed by atoms with Crippen molar-refractivity contribution in [3.63, 3.8) is 0 Å². The van der Waals surface area contributed by atoms with E-state index < -0.39 is 17.9 Å². The van der Waals surface area contributed by atoms with Gasteiger partial charge in [0.2, 0.25) is 0 Å². The number of carboxylic acids is 1. The van der Waals surface area contributed by atoms with E-state index in [1.165, 1.54) is 0 Å². The smallest absolute Gasteiger partial charge is 0.326 e. The fraction of sp³-hybridized carbons (Fsp3) is 0.273. The average Bonchev–Trinajstić information content (AvgIpc) is 2.29. The zero-order chi connectivity index (χ0) is 12.8. The number of rotatable bonds is 5. The summed E-state index contributed by atoms with van der Waals surface area (Å²) in [7, 11) is 0. The van der Waals surface area contributed by atoms with E-state index in [-0.39, 0.29) is 13.0 Å². The van der Waals surface area contributed by atoms with Crippen molar-refractivity contribution in [2.75, 3.05) is 6.61 Å². The lowest BCUT2D eigenvalue weighted by molar-refractivity contribution is -0.139. The number of aliphatic hydroxyl groups excluding tert-OH is 1. The Labute approximate surface area is 107 Å². The number of aliphatic hydroxyl groups is 1. The van der Waals surface area contributed by atoms with E-state index in [0.29, 0.717) is 5.56 Å².